The predicted molar refractivity (Wildman–Crippen MR) is 98.3 cm³/mol. The van der Waals surface area contributed by atoms with Crippen LogP contribution in [0.4, 0.5) is 5.13 Å². The molecule has 6 nitrogen and oxygen atoms in total. The first-order valence-corrected chi connectivity index (χ1v) is 8.83. The van der Waals surface area contributed by atoms with E-state index in [0.29, 0.717) is 11.6 Å². The number of benzene rings is 1. The molecule has 0 aliphatic heterocycles. The Morgan fingerprint density at radius 1 is 1.32 bits per heavy atom. The Labute approximate surface area is 153 Å². The van der Waals surface area contributed by atoms with E-state index >= 15 is 0 Å². The number of halogens is 1. The van der Waals surface area contributed by atoms with Crippen LogP contribution in [0.2, 0.25) is 5.02 Å². The van der Waals surface area contributed by atoms with Gasteiger partial charge in [0.2, 0.25) is 10.1 Å². The van der Waals surface area contributed by atoms with Gasteiger partial charge in [0, 0.05) is 17.7 Å². The van der Waals surface area contributed by atoms with Crippen LogP contribution in [0.1, 0.15) is 11.8 Å². The van der Waals surface area contributed by atoms with Crippen molar-refractivity contribution in [2.24, 2.45) is 0 Å². The van der Waals surface area contributed by atoms with Crippen LogP contribution in [0.3, 0.4) is 0 Å². The number of fused-ring (bicyclic) bond motifs is 1. The molecule has 0 amide bonds. The van der Waals surface area contributed by atoms with Crippen molar-refractivity contribution >= 4 is 33.0 Å². The number of rotatable bonds is 6. The van der Waals surface area contributed by atoms with E-state index in [0.717, 1.165) is 27.1 Å². The molecule has 1 N–H and O–H groups in total. The average Bonchev–Trinajstić information content (AvgIpc) is 3.31. The van der Waals surface area contributed by atoms with Crippen molar-refractivity contribution in [3.63, 3.8) is 0 Å². The zero-order valence-electron chi connectivity index (χ0n) is 13.3. The molecule has 0 saturated carbocycles. The van der Waals surface area contributed by atoms with Crippen LogP contribution in [0.5, 0.6) is 0 Å². The number of ether oxygens (including phenoxy) is 1. The lowest BCUT2D eigenvalue weighted by Gasteiger charge is -2.14. The van der Waals surface area contributed by atoms with Crippen molar-refractivity contribution in [2.45, 2.75) is 6.04 Å². The smallest absolute Gasteiger partial charge is 0.214 e. The fourth-order valence-corrected chi connectivity index (χ4v) is 3.48. The molecule has 4 rings (SSSR count). The van der Waals surface area contributed by atoms with Gasteiger partial charge in [-0.15, -0.1) is 5.10 Å². The fraction of sp³-hybridized carbons (Fsp3) is 0.176. The second-order valence-electron chi connectivity index (χ2n) is 5.44. The van der Waals surface area contributed by atoms with Crippen LogP contribution in [0, 0.1) is 0 Å². The number of anilines is 1. The highest BCUT2D eigenvalue weighted by Crippen LogP contribution is 2.28. The summed E-state index contributed by atoms with van der Waals surface area (Å²) in [7, 11) is 1.66. The van der Waals surface area contributed by atoms with Crippen LogP contribution in [-0.2, 0) is 4.74 Å². The highest BCUT2D eigenvalue weighted by molar-refractivity contribution is 7.20. The topological polar surface area (TPSA) is 64.6 Å². The summed E-state index contributed by atoms with van der Waals surface area (Å²) in [5, 5.41) is 9.34. The molecule has 128 valence electrons. The molecule has 0 aliphatic rings. The summed E-state index contributed by atoms with van der Waals surface area (Å²) in [5.41, 5.74) is 1.87. The lowest BCUT2D eigenvalue weighted by atomic mass is 10.2. The Balaban J connectivity index is 1.57. The van der Waals surface area contributed by atoms with Crippen LogP contribution in [0.15, 0.2) is 53.3 Å². The first kappa shape index (κ1) is 16.1. The Kier molecular flexibility index (Phi) is 4.44. The maximum Gasteiger partial charge on any atom is 0.214 e. The Morgan fingerprint density at radius 2 is 2.16 bits per heavy atom. The van der Waals surface area contributed by atoms with Gasteiger partial charge in [-0.05, 0) is 24.3 Å². The van der Waals surface area contributed by atoms with E-state index in [1.54, 1.807) is 17.9 Å². The summed E-state index contributed by atoms with van der Waals surface area (Å²) in [5.74, 6) is 0.802. The molecule has 1 atom stereocenters. The summed E-state index contributed by atoms with van der Waals surface area (Å²) >= 11 is 7.41. The predicted octanol–water partition coefficient (Wildman–Crippen LogP) is 4.50. The van der Waals surface area contributed by atoms with E-state index in [1.807, 2.05) is 42.6 Å². The van der Waals surface area contributed by atoms with Gasteiger partial charge in [-0.1, -0.05) is 35.1 Å². The number of imidazole rings is 1. The number of furan rings is 1. The van der Waals surface area contributed by atoms with Gasteiger partial charge in [-0.2, -0.15) is 0 Å². The first-order valence-electron chi connectivity index (χ1n) is 7.64. The molecule has 0 saturated heterocycles. The number of aromatic nitrogens is 3. The summed E-state index contributed by atoms with van der Waals surface area (Å²) in [6.45, 7) is 0.478. The zero-order chi connectivity index (χ0) is 17.2. The van der Waals surface area contributed by atoms with Crippen molar-refractivity contribution in [3.05, 3.63) is 59.6 Å². The Bertz CT molecular complexity index is 931. The minimum Gasteiger partial charge on any atom is -0.467 e. The second-order valence-corrected chi connectivity index (χ2v) is 6.83. The van der Waals surface area contributed by atoms with E-state index in [4.69, 9.17) is 20.8 Å². The molecule has 4 aromatic rings. The lowest BCUT2D eigenvalue weighted by molar-refractivity contribution is 0.179. The molecule has 3 heterocycles. The van der Waals surface area contributed by atoms with E-state index in [-0.39, 0.29) is 6.04 Å². The van der Waals surface area contributed by atoms with Crippen molar-refractivity contribution in [1.82, 2.24) is 14.6 Å². The highest BCUT2D eigenvalue weighted by Gasteiger charge is 2.17. The van der Waals surface area contributed by atoms with E-state index < -0.39 is 0 Å². The van der Waals surface area contributed by atoms with Gasteiger partial charge in [-0.25, -0.2) is 9.50 Å². The summed E-state index contributed by atoms with van der Waals surface area (Å²) in [6, 6.07) is 11.2. The molecule has 1 aromatic carbocycles. The fourth-order valence-electron chi connectivity index (χ4n) is 2.52. The third-order valence-electron chi connectivity index (χ3n) is 3.70. The van der Waals surface area contributed by atoms with Crippen LogP contribution in [-0.4, -0.2) is 28.3 Å². The van der Waals surface area contributed by atoms with Crippen LogP contribution >= 0.6 is 22.9 Å². The molecular formula is C17H15ClN4O2S. The summed E-state index contributed by atoms with van der Waals surface area (Å²) in [4.78, 5) is 5.44. The van der Waals surface area contributed by atoms with Crippen LogP contribution < -0.4 is 5.32 Å². The Morgan fingerprint density at radius 3 is 2.84 bits per heavy atom. The van der Waals surface area contributed by atoms with Crippen molar-refractivity contribution < 1.29 is 9.15 Å². The molecule has 1 unspecified atom stereocenters. The maximum atomic E-state index is 5.93. The quantitative estimate of drug-likeness (QED) is 0.538. The largest absolute Gasteiger partial charge is 0.467 e. The molecule has 3 aromatic heterocycles. The standard InChI is InChI=1S/C17H15ClN4O2S/c1-23-10-14(15-3-2-8-24-15)19-16-21-22-9-13(20-17(22)25-16)11-4-6-12(18)7-5-11/h2-9,14H,10H2,1H3,(H,19,21). The SMILES string of the molecule is COCC(Nc1nn2cc(-c3ccc(Cl)cc3)nc2s1)c1ccco1. The third kappa shape index (κ3) is 3.39. The second kappa shape index (κ2) is 6.87. The Hall–Kier alpha value is -2.35. The summed E-state index contributed by atoms with van der Waals surface area (Å²) in [6.07, 6.45) is 3.55. The van der Waals surface area contributed by atoms with Gasteiger partial charge in [0.25, 0.3) is 0 Å². The van der Waals surface area contributed by atoms with Gasteiger partial charge >= 0.3 is 0 Å². The average molecular weight is 375 g/mol. The normalized spacial score (nSPS) is 12.6. The summed E-state index contributed by atoms with van der Waals surface area (Å²) < 4.78 is 12.5. The zero-order valence-corrected chi connectivity index (χ0v) is 14.9. The van der Waals surface area contributed by atoms with Gasteiger partial charge in [0.1, 0.15) is 11.8 Å². The van der Waals surface area contributed by atoms with Gasteiger partial charge in [-0.3, -0.25) is 0 Å². The van der Waals surface area contributed by atoms with Crippen molar-refractivity contribution in [2.75, 3.05) is 19.0 Å². The number of hydrogen-bond acceptors (Lipinski definition) is 6. The monoisotopic (exact) mass is 374 g/mol. The van der Waals surface area contributed by atoms with Gasteiger partial charge in [0.15, 0.2) is 0 Å². The molecule has 0 bridgehead atoms. The number of nitrogens with zero attached hydrogens (tertiary/aromatic N) is 3. The van der Waals surface area contributed by atoms with E-state index in [1.165, 1.54) is 11.3 Å². The van der Waals surface area contributed by atoms with Crippen molar-refractivity contribution in [1.29, 1.82) is 0 Å². The van der Waals surface area contributed by atoms with Gasteiger partial charge < -0.3 is 14.5 Å². The number of hydrogen-bond donors (Lipinski definition) is 1. The molecule has 0 radical (unpaired) electrons. The minimum atomic E-state index is -0.105. The van der Waals surface area contributed by atoms with E-state index in [9.17, 15) is 0 Å². The van der Waals surface area contributed by atoms with Gasteiger partial charge in [0.05, 0.1) is 24.8 Å². The molecule has 8 heteroatoms. The first-order chi connectivity index (χ1) is 12.2. The molecule has 0 aliphatic carbocycles. The lowest BCUT2D eigenvalue weighted by Crippen LogP contribution is -2.15. The van der Waals surface area contributed by atoms with E-state index in [2.05, 4.69) is 15.4 Å². The van der Waals surface area contributed by atoms with Crippen LogP contribution in [0.25, 0.3) is 16.2 Å². The third-order valence-corrected chi connectivity index (χ3v) is 4.81. The molecular weight excluding hydrogens is 360 g/mol. The molecule has 0 fully saturated rings. The molecule has 25 heavy (non-hydrogen) atoms. The number of methoxy groups -OCH3 is 1. The minimum absolute atomic E-state index is 0.105. The number of nitrogens with one attached hydrogen (secondary N) is 1. The van der Waals surface area contributed by atoms with Crippen molar-refractivity contribution in [3.8, 4) is 11.3 Å². The molecule has 0 spiro atoms. The highest BCUT2D eigenvalue weighted by atomic mass is 35.5. The maximum absolute atomic E-state index is 5.93.